The van der Waals surface area contributed by atoms with Crippen LogP contribution in [-0.2, 0) is 4.84 Å². The van der Waals surface area contributed by atoms with Crippen LogP contribution >= 0.6 is 0 Å². The van der Waals surface area contributed by atoms with Crippen molar-refractivity contribution >= 4 is 16.5 Å². The van der Waals surface area contributed by atoms with Crippen LogP contribution in [0.15, 0.2) is 24.3 Å². The lowest BCUT2D eigenvalue weighted by Crippen LogP contribution is -2.21. The summed E-state index contributed by atoms with van der Waals surface area (Å²) in [6.45, 7) is 7.82. The maximum Gasteiger partial charge on any atom is 0.125 e. The minimum Gasteiger partial charge on any atom is -0.507 e. The van der Waals surface area contributed by atoms with E-state index in [0.29, 0.717) is 18.3 Å². The predicted octanol–water partition coefficient (Wildman–Crippen LogP) is 4.12. The number of phenols is 1. The first-order chi connectivity index (χ1) is 9.67. The zero-order valence-electron chi connectivity index (χ0n) is 12.3. The Morgan fingerprint density at radius 3 is 2.85 bits per heavy atom. The van der Waals surface area contributed by atoms with Gasteiger partial charge < -0.3 is 5.11 Å². The number of hydroxylamine groups is 1. The Balaban J connectivity index is 2.31. The number of hydrogen-bond acceptors (Lipinski definition) is 3. The molecule has 2 aromatic carbocycles. The van der Waals surface area contributed by atoms with Gasteiger partial charge in [0.15, 0.2) is 0 Å². The minimum atomic E-state index is 0.337. The van der Waals surface area contributed by atoms with Gasteiger partial charge >= 0.3 is 0 Å². The Morgan fingerprint density at radius 2 is 2.15 bits per heavy atom. The zero-order valence-corrected chi connectivity index (χ0v) is 12.3. The summed E-state index contributed by atoms with van der Waals surface area (Å²) >= 11 is 0. The SMILES string of the molecule is CCON1C[C@@H](CC)c2c1cc(O)c1cccc(C)c21. The Morgan fingerprint density at radius 1 is 1.35 bits per heavy atom. The monoisotopic (exact) mass is 271 g/mol. The Labute approximate surface area is 119 Å². The Kier molecular flexibility index (Phi) is 3.30. The van der Waals surface area contributed by atoms with Gasteiger partial charge in [0.05, 0.1) is 18.8 Å². The van der Waals surface area contributed by atoms with Crippen LogP contribution in [0, 0.1) is 6.92 Å². The van der Waals surface area contributed by atoms with Crippen LogP contribution in [0.5, 0.6) is 5.75 Å². The number of benzene rings is 2. The summed E-state index contributed by atoms with van der Waals surface area (Å²) in [6, 6.07) is 7.95. The van der Waals surface area contributed by atoms with Crippen molar-refractivity contribution in [3.63, 3.8) is 0 Å². The second-order valence-electron chi connectivity index (χ2n) is 5.41. The molecule has 0 saturated carbocycles. The molecule has 2 aromatic rings. The summed E-state index contributed by atoms with van der Waals surface area (Å²) in [6.07, 6.45) is 1.07. The maximum atomic E-state index is 10.3. The summed E-state index contributed by atoms with van der Waals surface area (Å²) in [5.41, 5.74) is 3.57. The molecule has 1 aliphatic rings. The van der Waals surface area contributed by atoms with Gasteiger partial charge in [-0.05, 0) is 36.8 Å². The molecule has 3 heteroatoms. The predicted molar refractivity (Wildman–Crippen MR) is 82.4 cm³/mol. The lowest BCUT2D eigenvalue weighted by atomic mass is 9.90. The minimum absolute atomic E-state index is 0.337. The number of aryl methyl sites for hydroxylation is 1. The standard InChI is InChI=1S/C17H21NO2/c1-4-12-10-18(20-5-2)14-9-15(19)13-8-6-7-11(3)16(13)17(12)14/h6-9,12,19H,4-5,10H2,1-3H3/t12-/m1/s1. The van der Waals surface area contributed by atoms with Crippen molar-refractivity contribution in [2.45, 2.75) is 33.1 Å². The molecule has 0 unspecified atom stereocenters. The third-order valence-electron chi connectivity index (χ3n) is 4.21. The first-order valence-corrected chi connectivity index (χ1v) is 7.33. The molecule has 1 N–H and O–H groups in total. The summed E-state index contributed by atoms with van der Waals surface area (Å²) < 4.78 is 0. The lowest BCUT2D eigenvalue weighted by molar-refractivity contribution is 0.122. The van der Waals surface area contributed by atoms with Gasteiger partial charge in [0.1, 0.15) is 5.75 Å². The average molecular weight is 271 g/mol. The van der Waals surface area contributed by atoms with Crippen LogP contribution in [0.1, 0.15) is 37.3 Å². The number of hydrogen-bond donors (Lipinski definition) is 1. The highest BCUT2D eigenvalue weighted by Crippen LogP contribution is 2.46. The lowest BCUT2D eigenvalue weighted by Gasteiger charge is -2.18. The smallest absolute Gasteiger partial charge is 0.125 e. The van der Waals surface area contributed by atoms with Gasteiger partial charge in [-0.2, -0.15) is 0 Å². The van der Waals surface area contributed by atoms with Crippen molar-refractivity contribution < 1.29 is 9.94 Å². The third-order valence-corrected chi connectivity index (χ3v) is 4.21. The first-order valence-electron chi connectivity index (χ1n) is 7.33. The van der Waals surface area contributed by atoms with Crippen molar-refractivity contribution in [1.82, 2.24) is 0 Å². The molecule has 3 rings (SSSR count). The number of rotatable bonds is 3. The zero-order chi connectivity index (χ0) is 14.3. The Bertz CT molecular complexity index is 651. The molecular weight excluding hydrogens is 250 g/mol. The fourth-order valence-corrected chi connectivity index (χ4v) is 3.27. The maximum absolute atomic E-state index is 10.3. The van der Waals surface area contributed by atoms with Crippen LogP contribution in [0.3, 0.4) is 0 Å². The van der Waals surface area contributed by atoms with E-state index in [9.17, 15) is 5.11 Å². The fourth-order valence-electron chi connectivity index (χ4n) is 3.27. The van der Waals surface area contributed by atoms with Gasteiger partial charge in [0, 0.05) is 17.4 Å². The highest BCUT2D eigenvalue weighted by molar-refractivity contribution is 5.98. The molecule has 1 aliphatic heterocycles. The molecule has 1 heterocycles. The molecule has 0 aliphatic carbocycles. The molecule has 0 radical (unpaired) electrons. The molecule has 3 nitrogen and oxygen atoms in total. The van der Waals surface area contributed by atoms with E-state index in [1.54, 1.807) is 0 Å². The third kappa shape index (κ3) is 1.85. The summed E-state index contributed by atoms with van der Waals surface area (Å²) in [4.78, 5) is 5.73. The number of nitrogens with zero attached hydrogens (tertiary/aromatic N) is 1. The van der Waals surface area contributed by atoms with E-state index >= 15 is 0 Å². The number of phenolic OH excluding ortho intramolecular Hbond substituents is 1. The van der Waals surface area contributed by atoms with Crippen molar-refractivity contribution in [3.05, 3.63) is 35.4 Å². The molecular formula is C17H21NO2. The molecule has 0 saturated heterocycles. The highest BCUT2D eigenvalue weighted by Gasteiger charge is 2.31. The summed E-state index contributed by atoms with van der Waals surface area (Å²) in [5.74, 6) is 0.796. The summed E-state index contributed by atoms with van der Waals surface area (Å²) in [5, 5.41) is 14.4. The second kappa shape index (κ2) is 4.98. The van der Waals surface area contributed by atoms with Crippen LogP contribution < -0.4 is 5.06 Å². The van der Waals surface area contributed by atoms with Gasteiger partial charge in [-0.15, -0.1) is 0 Å². The van der Waals surface area contributed by atoms with Crippen LogP contribution in [-0.4, -0.2) is 18.3 Å². The van der Waals surface area contributed by atoms with E-state index in [1.807, 2.05) is 30.2 Å². The molecule has 0 fully saturated rings. The first kappa shape index (κ1) is 13.3. The second-order valence-corrected chi connectivity index (χ2v) is 5.41. The molecule has 0 bridgehead atoms. The van der Waals surface area contributed by atoms with Gasteiger partial charge in [-0.1, -0.05) is 25.1 Å². The molecule has 20 heavy (non-hydrogen) atoms. The van der Waals surface area contributed by atoms with Crippen LogP contribution in [0.4, 0.5) is 5.69 Å². The van der Waals surface area contributed by atoms with E-state index in [1.165, 1.54) is 16.5 Å². The van der Waals surface area contributed by atoms with E-state index < -0.39 is 0 Å². The van der Waals surface area contributed by atoms with Gasteiger partial charge in [0.2, 0.25) is 0 Å². The number of anilines is 1. The van der Waals surface area contributed by atoms with Crippen molar-refractivity contribution in [2.75, 3.05) is 18.2 Å². The van der Waals surface area contributed by atoms with Crippen LogP contribution in [0.25, 0.3) is 10.8 Å². The Hall–Kier alpha value is -1.74. The van der Waals surface area contributed by atoms with Crippen LogP contribution in [0.2, 0.25) is 0 Å². The van der Waals surface area contributed by atoms with Gasteiger partial charge in [-0.3, -0.25) is 9.90 Å². The molecule has 106 valence electrons. The van der Waals surface area contributed by atoms with Crippen molar-refractivity contribution in [1.29, 1.82) is 0 Å². The fraction of sp³-hybridized carbons (Fsp3) is 0.412. The highest BCUT2D eigenvalue weighted by atomic mass is 16.7. The van der Waals surface area contributed by atoms with E-state index in [2.05, 4.69) is 19.9 Å². The van der Waals surface area contributed by atoms with E-state index in [4.69, 9.17) is 4.84 Å². The quantitative estimate of drug-likeness (QED) is 0.911. The normalized spacial score (nSPS) is 17.8. The topological polar surface area (TPSA) is 32.7 Å². The number of aromatic hydroxyl groups is 1. The van der Waals surface area contributed by atoms with E-state index in [0.717, 1.165) is 24.0 Å². The van der Waals surface area contributed by atoms with E-state index in [-0.39, 0.29) is 0 Å². The molecule has 0 amide bonds. The molecule has 0 aromatic heterocycles. The van der Waals surface area contributed by atoms with Crippen molar-refractivity contribution in [3.8, 4) is 5.75 Å². The number of fused-ring (bicyclic) bond motifs is 3. The van der Waals surface area contributed by atoms with Gasteiger partial charge in [-0.25, -0.2) is 0 Å². The van der Waals surface area contributed by atoms with Crippen molar-refractivity contribution in [2.24, 2.45) is 0 Å². The summed E-state index contributed by atoms with van der Waals surface area (Å²) in [7, 11) is 0. The average Bonchev–Trinajstić information content (AvgIpc) is 2.78. The molecule has 1 atom stereocenters. The molecule has 0 spiro atoms. The van der Waals surface area contributed by atoms with Gasteiger partial charge in [0.25, 0.3) is 0 Å². The largest absolute Gasteiger partial charge is 0.507 e.